The first-order valence-corrected chi connectivity index (χ1v) is 3.79. The molecule has 0 aliphatic heterocycles. The van der Waals surface area contributed by atoms with Crippen LogP contribution >= 0.6 is 0 Å². The Morgan fingerprint density at radius 3 is 1.40 bits per heavy atom. The van der Waals surface area contributed by atoms with Crippen molar-refractivity contribution < 1.29 is 18.6 Å². The van der Waals surface area contributed by atoms with E-state index in [1.165, 1.54) is 0 Å². The zero-order chi connectivity index (χ0) is 7.28. The molecule has 0 amide bonds. The molecule has 0 rings (SSSR count). The normalized spacial score (nSPS) is 10.2. The van der Waals surface area contributed by atoms with Crippen molar-refractivity contribution in [2.45, 2.75) is 34.1 Å². The fourth-order valence-corrected chi connectivity index (χ4v) is 0.623. The Bertz CT molecular complexity index is 49.7. The molecule has 0 N–H and O–H groups in total. The van der Waals surface area contributed by atoms with E-state index in [0.717, 1.165) is 18.3 Å². The van der Waals surface area contributed by atoms with Crippen LogP contribution in [0.25, 0.3) is 0 Å². The van der Waals surface area contributed by atoms with Crippen LogP contribution < -0.4 is 0 Å². The first-order chi connectivity index (χ1) is 4.13. The molecule has 59 valence electrons. The number of rotatable bonds is 4. The van der Waals surface area contributed by atoms with E-state index in [1.807, 2.05) is 0 Å². The maximum atomic E-state index is 2.33. The molecule has 1 radical (unpaired) electrons. The molecule has 0 saturated heterocycles. The Kier molecular flexibility index (Phi) is 10.1. The van der Waals surface area contributed by atoms with Gasteiger partial charge in [-0.1, -0.05) is 27.7 Å². The van der Waals surface area contributed by atoms with Gasteiger partial charge in [0.05, 0.1) is 0 Å². The minimum atomic E-state index is 0. The Labute approximate surface area is 77.7 Å². The zero-order valence-corrected chi connectivity index (χ0v) is 8.86. The summed E-state index contributed by atoms with van der Waals surface area (Å²) in [6.45, 7) is 8.87. The number of hydrogen-bond acceptors (Lipinski definition) is 0. The fourth-order valence-electron chi connectivity index (χ4n) is 0.623. The summed E-state index contributed by atoms with van der Waals surface area (Å²) in [6.07, 6.45) is 5.83. The summed E-state index contributed by atoms with van der Waals surface area (Å²) in [4.78, 5) is 0. The van der Waals surface area contributed by atoms with Crippen molar-refractivity contribution in [1.29, 1.82) is 0 Å². The van der Waals surface area contributed by atoms with Gasteiger partial charge in [0.25, 0.3) is 0 Å². The first-order valence-electron chi connectivity index (χ1n) is 3.79. The second kappa shape index (κ2) is 7.69. The van der Waals surface area contributed by atoms with Gasteiger partial charge in [0, 0.05) is 0 Å². The van der Waals surface area contributed by atoms with Crippen molar-refractivity contribution >= 4 is 0 Å². The van der Waals surface area contributed by atoms with Crippen LogP contribution in [0.1, 0.15) is 34.1 Å². The van der Waals surface area contributed by atoms with Gasteiger partial charge >= 0.3 is 18.6 Å². The summed E-state index contributed by atoms with van der Waals surface area (Å²) in [6, 6.07) is 0. The first kappa shape index (κ1) is 13.2. The van der Waals surface area contributed by atoms with Crippen LogP contribution in [-0.2, 0) is 18.6 Å². The van der Waals surface area contributed by atoms with E-state index in [4.69, 9.17) is 0 Å². The van der Waals surface area contributed by atoms with E-state index in [2.05, 4.69) is 40.5 Å². The van der Waals surface area contributed by atoms with E-state index in [-0.39, 0.29) is 18.6 Å². The van der Waals surface area contributed by atoms with Gasteiger partial charge in [-0.3, -0.25) is 0 Å². The van der Waals surface area contributed by atoms with Crippen molar-refractivity contribution in [3.05, 3.63) is 12.8 Å². The minimum absolute atomic E-state index is 0. The molecule has 0 nitrogen and oxygen atoms in total. The molecular weight excluding hydrogens is 159 g/mol. The maximum absolute atomic E-state index is 2.33. The molecule has 0 atom stereocenters. The van der Waals surface area contributed by atoms with E-state index in [1.54, 1.807) is 0 Å². The van der Waals surface area contributed by atoms with Crippen molar-refractivity contribution in [3.8, 4) is 0 Å². The van der Waals surface area contributed by atoms with Gasteiger partial charge in [0.15, 0.2) is 0 Å². The molecule has 1 heteroatoms. The van der Waals surface area contributed by atoms with Gasteiger partial charge in [-0.05, 0) is 0 Å². The predicted molar refractivity (Wildman–Crippen MR) is 42.9 cm³/mol. The molecule has 0 spiro atoms. The smallest absolute Gasteiger partial charge is 0.355 e. The summed E-state index contributed by atoms with van der Waals surface area (Å²) in [7, 11) is 0. The average molecular weight is 177 g/mol. The van der Waals surface area contributed by atoms with Gasteiger partial charge in [-0.2, -0.15) is 11.8 Å². The minimum Gasteiger partial charge on any atom is -0.355 e. The third kappa shape index (κ3) is 11.4. The maximum Gasteiger partial charge on any atom is 2.00 e. The van der Waals surface area contributed by atoms with Crippen LogP contribution in [0.15, 0.2) is 0 Å². The topological polar surface area (TPSA) is 0 Å². The van der Waals surface area contributed by atoms with Crippen LogP contribution in [0.2, 0.25) is 0 Å². The van der Waals surface area contributed by atoms with Crippen molar-refractivity contribution in [1.82, 2.24) is 0 Å². The molecule has 0 aromatic heterocycles. The van der Waals surface area contributed by atoms with Crippen molar-refractivity contribution in [2.24, 2.45) is 11.8 Å². The molecule has 0 bridgehead atoms. The standard InChI is InChI=1S/C9H18.V/c1-8(2)6-5-7-9(3)4;/h6-9H,5H2,1-4H3;/q-2;+2. The second-order valence-electron chi connectivity index (χ2n) is 3.20. The molecule has 0 aromatic rings. The van der Waals surface area contributed by atoms with Crippen molar-refractivity contribution in [3.63, 3.8) is 0 Å². The largest absolute Gasteiger partial charge is 2.00 e. The summed E-state index contributed by atoms with van der Waals surface area (Å²) < 4.78 is 0. The summed E-state index contributed by atoms with van der Waals surface area (Å²) >= 11 is 0. The third-order valence-corrected chi connectivity index (χ3v) is 1.21. The third-order valence-electron chi connectivity index (χ3n) is 1.21. The predicted octanol–water partition coefficient (Wildman–Crippen LogP) is 3.09. The van der Waals surface area contributed by atoms with E-state index < -0.39 is 0 Å². The molecule has 0 aromatic carbocycles. The molecular formula is C9H18V. The van der Waals surface area contributed by atoms with Crippen LogP contribution in [-0.4, -0.2) is 0 Å². The van der Waals surface area contributed by atoms with Crippen LogP contribution in [0.5, 0.6) is 0 Å². The van der Waals surface area contributed by atoms with E-state index in [0.29, 0.717) is 0 Å². The number of hydrogen-bond donors (Lipinski definition) is 0. The van der Waals surface area contributed by atoms with Crippen LogP contribution in [0, 0.1) is 24.7 Å². The summed E-state index contributed by atoms with van der Waals surface area (Å²) in [5.74, 6) is 1.47. The second-order valence-corrected chi connectivity index (χ2v) is 3.20. The molecule has 0 aliphatic rings. The van der Waals surface area contributed by atoms with Gasteiger partial charge < -0.3 is 19.3 Å². The van der Waals surface area contributed by atoms with Crippen LogP contribution in [0.3, 0.4) is 0 Å². The fraction of sp³-hybridized carbons (Fsp3) is 0.778. The Hall–Kier alpha value is 0.584. The van der Waals surface area contributed by atoms with E-state index in [9.17, 15) is 0 Å². The average Bonchev–Trinajstić information content (AvgIpc) is 1.63. The van der Waals surface area contributed by atoms with Gasteiger partial charge in [0.1, 0.15) is 0 Å². The monoisotopic (exact) mass is 177 g/mol. The molecule has 10 heavy (non-hydrogen) atoms. The Morgan fingerprint density at radius 1 is 0.900 bits per heavy atom. The molecule has 0 unspecified atom stereocenters. The Balaban J connectivity index is 0. The molecule has 0 heterocycles. The van der Waals surface area contributed by atoms with Gasteiger partial charge in [0.2, 0.25) is 0 Å². The molecule has 0 saturated carbocycles. The van der Waals surface area contributed by atoms with Crippen LogP contribution in [0.4, 0.5) is 0 Å². The SMILES string of the molecule is CC(C)[CH-]C[CH-]C(C)C.[V+2]. The van der Waals surface area contributed by atoms with Gasteiger partial charge in [-0.15, -0.1) is 0 Å². The molecule has 0 fully saturated rings. The summed E-state index contributed by atoms with van der Waals surface area (Å²) in [5, 5.41) is 0. The van der Waals surface area contributed by atoms with Gasteiger partial charge in [-0.25, -0.2) is 0 Å². The van der Waals surface area contributed by atoms with E-state index >= 15 is 0 Å². The molecule has 0 aliphatic carbocycles. The summed E-state index contributed by atoms with van der Waals surface area (Å²) in [5.41, 5.74) is 0. The zero-order valence-electron chi connectivity index (χ0n) is 7.46. The quantitative estimate of drug-likeness (QED) is 0.579. The van der Waals surface area contributed by atoms with Crippen molar-refractivity contribution in [2.75, 3.05) is 0 Å². The Morgan fingerprint density at radius 2 is 1.20 bits per heavy atom.